The molecular formula is C18H19NO2. The monoisotopic (exact) mass is 281 g/mol. The van der Waals surface area contributed by atoms with Crippen molar-refractivity contribution in [1.82, 2.24) is 4.98 Å². The van der Waals surface area contributed by atoms with Gasteiger partial charge in [-0.25, -0.2) is 4.98 Å². The first-order valence-electron chi connectivity index (χ1n) is 7.32. The van der Waals surface area contributed by atoms with Gasteiger partial charge in [-0.1, -0.05) is 25.5 Å². The molecule has 0 amide bonds. The second-order valence-corrected chi connectivity index (χ2v) is 5.04. The van der Waals surface area contributed by atoms with E-state index in [-0.39, 0.29) is 0 Å². The first kappa shape index (κ1) is 13.7. The lowest BCUT2D eigenvalue weighted by Crippen LogP contribution is -1.99. The van der Waals surface area contributed by atoms with Crippen molar-refractivity contribution >= 4 is 21.8 Å². The molecule has 0 spiro atoms. The van der Waals surface area contributed by atoms with E-state index in [0.717, 1.165) is 52.8 Å². The van der Waals surface area contributed by atoms with Crippen LogP contribution in [0.25, 0.3) is 21.8 Å². The van der Waals surface area contributed by atoms with Gasteiger partial charge < -0.3 is 9.47 Å². The number of hydrogen-bond donors (Lipinski definition) is 0. The van der Waals surface area contributed by atoms with Gasteiger partial charge in [-0.2, -0.15) is 0 Å². The molecule has 0 saturated carbocycles. The molecule has 3 heteroatoms. The van der Waals surface area contributed by atoms with Crippen molar-refractivity contribution in [1.29, 1.82) is 0 Å². The molecule has 0 radical (unpaired) electrons. The lowest BCUT2D eigenvalue weighted by Gasteiger charge is -2.13. The standard InChI is InChI=1S/C18H19NO2/c1-3-4-11-21-18-14-7-5-6-8-16(14)19-17-10-9-13(20-2)12-15(17)18/h5-10,12H,3-4,11H2,1-2H3. The Bertz CT molecular complexity index is 768. The van der Waals surface area contributed by atoms with E-state index in [4.69, 9.17) is 14.5 Å². The maximum atomic E-state index is 6.08. The Labute approximate surface area is 124 Å². The van der Waals surface area contributed by atoms with Crippen LogP contribution in [0.2, 0.25) is 0 Å². The molecule has 0 unspecified atom stereocenters. The van der Waals surface area contributed by atoms with Gasteiger partial charge in [0.1, 0.15) is 11.5 Å². The average molecular weight is 281 g/mol. The number of para-hydroxylation sites is 1. The number of benzene rings is 2. The zero-order valence-corrected chi connectivity index (χ0v) is 12.4. The van der Waals surface area contributed by atoms with Crippen LogP contribution in [0.15, 0.2) is 42.5 Å². The van der Waals surface area contributed by atoms with Crippen molar-refractivity contribution in [3.05, 3.63) is 42.5 Å². The summed E-state index contributed by atoms with van der Waals surface area (Å²) in [5.41, 5.74) is 1.89. The Kier molecular flexibility index (Phi) is 3.91. The Morgan fingerprint density at radius 1 is 1.00 bits per heavy atom. The molecule has 108 valence electrons. The van der Waals surface area contributed by atoms with Gasteiger partial charge in [-0.05, 0) is 36.8 Å². The van der Waals surface area contributed by atoms with E-state index in [1.54, 1.807) is 7.11 Å². The van der Waals surface area contributed by atoms with Gasteiger partial charge in [0.2, 0.25) is 0 Å². The van der Waals surface area contributed by atoms with Gasteiger partial charge in [-0.3, -0.25) is 0 Å². The fourth-order valence-electron chi connectivity index (χ4n) is 2.43. The van der Waals surface area contributed by atoms with Gasteiger partial charge in [-0.15, -0.1) is 0 Å². The van der Waals surface area contributed by atoms with E-state index in [0.29, 0.717) is 0 Å². The fraction of sp³-hybridized carbons (Fsp3) is 0.278. The highest BCUT2D eigenvalue weighted by Gasteiger charge is 2.11. The van der Waals surface area contributed by atoms with Crippen molar-refractivity contribution in [3.8, 4) is 11.5 Å². The quantitative estimate of drug-likeness (QED) is 0.507. The summed E-state index contributed by atoms with van der Waals surface area (Å²) >= 11 is 0. The summed E-state index contributed by atoms with van der Waals surface area (Å²) in [4.78, 5) is 4.71. The Morgan fingerprint density at radius 2 is 1.81 bits per heavy atom. The van der Waals surface area contributed by atoms with E-state index in [2.05, 4.69) is 13.0 Å². The number of rotatable bonds is 5. The Morgan fingerprint density at radius 3 is 2.62 bits per heavy atom. The molecule has 0 aliphatic heterocycles. The number of methoxy groups -OCH3 is 1. The minimum Gasteiger partial charge on any atom is -0.497 e. The number of ether oxygens (including phenoxy) is 2. The van der Waals surface area contributed by atoms with E-state index >= 15 is 0 Å². The average Bonchev–Trinajstić information content (AvgIpc) is 2.54. The van der Waals surface area contributed by atoms with Crippen LogP contribution in [0, 0.1) is 0 Å². The molecule has 0 N–H and O–H groups in total. The number of hydrogen-bond acceptors (Lipinski definition) is 3. The first-order chi connectivity index (χ1) is 10.3. The van der Waals surface area contributed by atoms with Gasteiger partial charge >= 0.3 is 0 Å². The van der Waals surface area contributed by atoms with E-state index in [1.165, 1.54) is 0 Å². The molecule has 3 rings (SSSR count). The molecule has 21 heavy (non-hydrogen) atoms. The summed E-state index contributed by atoms with van der Waals surface area (Å²) < 4.78 is 11.4. The summed E-state index contributed by atoms with van der Waals surface area (Å²) in [5.74, 6) is 1.72. The van der Waals surface area contributed by atoms with Crippen molar-refractivity contribution in [3.63, 3.8) is 0 Å². The summed E-state index contributed by atoms with van der Waals surface area (Å²) in [6.07, 6.45) is 2.16. The Balaban J connectivity index is 2.22. The van der Waals surface area contributed by atoms with Gasteiger partial charge in [0.15, 0.2) is 0 Å². The third-order valence-corrected chi connectivity index (χ3v) is 3.58. The van der Waals surface area contributed by atoms with Crippen LogP contribution in [-0.2, 0) is 0 Å². The Hall–Kier alpha value is -2.29. The van der Waals surface area contributed by atoms with E-state index < -0.39 is 0 Å². The molecule has 0 aliphatic rings. The molecule has 0 saturated heterocycles. The van der Waals surface area contributed by atoms with Crippen molar-refractivity contribution in [2.75, 3.05) is 13.7 Å². The number of nitrogens with zero attached hydrogens (tertiary/aromatic N) is 1. The molecule has 0 aliphatic carbocycles. The summed E-state index contributed by atoms with van der Waals surface area (Å²) in [7, 11) is 1.67. The second-order valence-electron chi connectivity index (χ2n) is 5.04. The molecule has 0 atom stereocenters. The van der Waals surface area contributed by atoms with Crippen molar-refractivity contribution in [2.45, 2.75) is 19.8 Å². The maximum Gasteiger partial charge on any atom is 0.138 e. The third-order valence-electron chi connectivity index (χ3n) is 3.58. The number of unbranched alkanes of at least 4 members (excludes halogenated alkanes) is 1. The van der Waals surface area contributed by atoms with Gasteiger partial charge in [0.05, 0.1) is 24.8 Å². The lowest BCUT2D eigenvalue weighted by atomic mass is 10.1. The zero-order valence-electron chi connectivity index (χ0n) is 12.4. The second kappa shape index (κ2) is 6.00. The normalized spacial score (nSPS) is 11.0. The summed E-state index contributed by atoms with van der Waals surface area (Å²) in [6, 6.07) is 14.0. The minimum atomic E-state index is 0.719. The minimum absolute atomic E-state index is 0.719. The lowest BCUT2D eigenvalue weighted by molar-refractivity contribution is 0.316. The number of aromatic nitrogens is 1. The SMILES string of the molecule is CCCCOc1c2ccccc2nc2ccc(OC)cc12. The highest BCUT2D eigenvalue weighted by atomic mass is 16.5. The van der Waals surface area contributed by atoms with Crippen molar-refractivity contribution < 1.29 is 9.47 Å². The summed E-state index contributed by atoms with van der Waals surface area (Å²) in [5, 5.41) is 2.05. The van der Waals surface area contributed by atoms with Crippen LogP contribution in [0.1, 0.15) is 19.8 Å². The summed E-state index contributed by atoms with van der Waals surface area (Å²) in [6.45, 7) is 2.88. The highest BCUT2D eigenvalue weighted by Crippen LogP contribution is 2.34. The molecular weight excluding hydrogens is 262 g/mol. The molecule has 0 bridgehead atoms. The van der Waals surface area contributed by atoms with Crippen molar-refractivity contribution in [2.24, 2.45) is 0 Å². The topological polar surface area (TPSA) is 31.4 Å². The predicted molar refractivity (Wildman–Crippen MR) is 86.2 cm³/mol. The van der Waals surface area contributed by atoms with Crippen LogP contribution < -0.4 is 9.47 Å². The molecule has 1 aromatic heterocycles. The predicted octanol–water partition coefficient (Wildman–Crippen LogP) is 4.58. The van der Waals surface area contributed by atoms with Crippen LogP contribution >= 0.6 is 0 Å². The van der Waals surface area contributed by atoms with Crippen LogP contribution in [0.4, 0.5) is 0 Å². The third kappa shape index (κ3) is 2.64. The largest absolute Gasteiger partial charge is 0.497 e. The molecule has 3 nitrogen and oxygen atoms in total. The molecule has 3 aromatic rings. The first-order valence-corrected chi connectivity index (χ1v) is 7.32. The molecule has 2 aromatic carbocycles. The smallest absolute Gasteiger partial charge is 0.138 e. The van der Waals surface area contributed by atoms with Crippen LogP contribution in [0.5, 0.6) is 11.5 Å². The maximum absolute atomic E-state index is 6.08. The number of fused-ring (bicyclic) bond motifs is 2. The van der Waals surface area contributed by atoms with E-state index in [9.17, 15) is 0 Å². The van der Waals surface area contributed by atoms with Gasteiger partial charge in [0, 0.05) is 10.8 Å². The number of pyridine rings is 1. The van der Waals surface area contributed by atoms with Crippen LogP contribution in [0.3, 0.4) is 0 Å². The van der Waals surface area contributed by atoms with Gasteiger partial charge in [0.25, 0.3) is 0 Å². The fourth-order valence-corrected chi connectivity index (χ4v) is 2.43. The van der Waals surface area contributed by atoms with Crippen LogP contribution in [-0.4, -0.2) is 18.7 Å². The zero-order chi connectivity index (χ0) is 14.7. The molecule has 1 heterocycles. The van der Waals surface area contributed by atoms with E-state index in [1.807, 2.05) is 36.4 Å². The molecule has 0 fully saturated rings. The highest BCUT2D eigenvalue weighted by molar-refractivity contribution is 6.01.